The predicted octanol–water partition coefficient (Wildman–Crippen LogP) is 3.56. The van der Waals surface area contributed by atoms with Crippen LogP contribution in [0.5, 0.6) is 5.75 Å². The Bertz CT molecular complexity index is 886. The molecule has 2 aliphatic rings. The molecule has 0 aliphatic carbocycles. The van der Waals surface area contributed by atoms with Gasteiger partial charge in [-0.1, -0.05) is 0 Å². The summed E-state index contributed by atoms with van der Waals surface area (Å²) in [6, 6.07) is 8.06. The number of carbonyl (C=O) groups is 1. The van der Waals surface area contributed by atoms with Crippen molar-refractivity contribution in [2.45, 2.75) is 38.5 Å². The van der Waals surface area contributed by atoms with Crippen molar-refractivity contribution in [3.63, 3.8) is 0 Å². The van der Waals surface area contributed by atoms with Crippen LogP contribution >= 0.6 is 0 Å². The van der Waals surface area contributed by atoms with Gasteiger partial charge in [-0.2, -0.15) is 8.78 Å². The molecule has 30 heavy (non-hydrogen) atoms. The van der Waals surface area contributed by atoms with Crippen LogP contribution in [0, 0.1) is 5.82 Å². The highest BCUT2D eigenvalue weighted by Crippen LogP contribution is 2.33. The molecule has 0 spiro atoms. The van der Waals surface area contributed by atoms with Gasteiger partial charge in [0.05, 0.1) is 18.4 Å². The van der Waals surface area contributed by atoms with Crippen LogP contribution in [0.2, 0.25) is 0 Å². The van der Waals surface area contributed by atoms with Gasteiger partial charge in [-0.3, -0.25) is 4.98 Å². The van der Waals surface area contributed by atoms with Crippen LogP contribution in [0.25, 0.3) is 0 Å². The van der Waals surface area contributed by atoms with Crippen LogP contribution < -0.4 is 15.0 Å². The average Bonchev–Trinajstić information content (AvgIpc) is 3.15. The van der Waals surface area contributed by atoms with Crippen molar-refractivity contribution >= 4 is 11.7 Å². The minimum Gasteiger partial charge on any atom is -0.433 e. The number of aromatic nitrogens is 1. The van der Waals surface area contributed by atoms with Crippen LogP contribution in [0.15, 0.2) is 36.5 Å². The largest absolute Gasteiger partial charge is 0.433 e. The number of anilines is 1. The molecule has 1 aromatic heterocycles. The highest BCUT2D eigenvalue weighted by Gasteiger charge is 2.30. The van der Waals surface area contributed by atoms with Gasteiger partial charge in [-0.05, 0) is 55.2 Å². The van der Waals surface area contributed by atoms with Crippen molar-refractivity contribution in [2.75, 3.05) is 24.5 Å². The lowest BCUT2D eigenvalue weighted by molar-refractivity contribution is -0.0500. The van der Waals surface area contributed by atoms with Crippen molar-refractivity contribution in [1.82, 2.24) is 15.2 Å². The second-order valence-electron chi connectivity index (χ2n) is 7.46. The van der Waals surface area contributed by atoms with Gasteiger partial charge in [-0.15, -0.1) is 0 Å². The molecule has 2 amide bonds. The molecule has 9 heteroatoms. The quantitative estimate of drug-likeness (QED) is 0.804. The van der Waals surface area contributed by atoms with E-state index in [1.807, 2.05) is 6.07 Å². The number of carbonyl (C=O) groups excluding carboxylic acids is 1. The van der Waals surface area contributed by atoms with Crippen molar-refractivity contribution in [3.8, 4) is 5.75 Å². The summed E-state index contributed by atoms with van der Waals surface area (Å²) < 4.78 is 42.0. The first kappa shape index (κ1) is 20.3. The van der Waals surface area contributed by atoms with E-state index < -0.39 is 6.61 Å². The van der Waals surface area contributed by atoms with Gasteiger partial charge in [0.1, 0.15) is 11.6 Å². The van der Waals surface area contributed by atoms with Gasteiger partial charge in [0.15, 0.2) is 0 Å². The number of hydrogen-bond donors (Lipinski definition) is 1. The van der Waals surface area contributed by atoms with Gasteiger partial charge in [-0.25, -0.2) is 9.18 Å². The smallest absolute Gasteiger partial charge is 0.387 e. The number of urea groups is 1. The molecule has 0 radical (unpaired) electrons. The van der Waals surface area contributed by atoms with E-state index in [9.17, 15) is 18.0 Å². The van der Waals surface area contributed by atoms with Gasteiger partial charge in [0.2, 0.25) is 0 Å². The normalized spacial score (nSPS) is 16.7. The third-order valence-electron chi connectivity index (χ3n) is 5.61. The lowest BCUT2D eigenvalue weighted by atomic mass is 10.0. The first-order valence-electron chi connectivity index (χ1n) is 9.97. The number of likely N-dealkylation sites (tertiary alicyclic amines) is 1. The van der Waals surface area contributed by atoms with Gasteiger partial charge in [0, 0.05) is 31.4 Å². The Kier molecular flexibility index (Phi) is 5.96. The zero-order valence-electron chi connectivity index (χ0n) is 16.4. The van der Waals surface area contributed by atoms with Gasteiger partial charge < -0.3 is 19.9 Å². The van der Waals surface area contributed by atoms with Crippen LogP contribution in [-0.4, -0.2) is 48.2 Å². The number of benzene rings is 1. The molecule has 3 heterocycles. The Morgan fingerprint density at radius 1 is 1.20 bits per heavy atom. The van der Waals surface area contributed by atoms with Crippen LogP contribution in [0.3, 0.4) is 0 Å². The maximum atomic E-state index is 13.4. The molecule has 160 valence electrons. The molecule has 0 bridgehead atoms. The second-order valence-corrected chi connectivity index (χ2v) is 7.46. The van der Waals surface area contributed by atoms with E-state index in [2.05, 4.69) is 19.9 Å². The highest BCUT2D eigenvalue weighted by atomic mass is 19.3. The van der Waals surface area contributed by atoms with E-state index in [-0.39, 0.29) is 24.1 Å². The number of hydrogen-bond acceptors (Lipinski definition) is 4. The zero-order valence-corrected chi connectivity index (χ0v) is 16.4. The summed E-state index contributed by atoms with van der Waals surface area (Å²) in [6.07, 6.45) is 3.76. The third kappa shape index (κ3) is 4.60. The topological polar surface area (TPSA) is 57.7 Å². The molecule has 2 aliphatic heterocycles. The average molecular weight is 420 g/mol. The van der Waals surface area contributed by atoms with Crippen LogP contribution in [0.1, 0.15) is 24.1 Å². The lowest BCUT2D eigenvalue weighted by Gasteiger charge is -2.38. The Labute approximate surface area is 172 Å². The van der Waals surface area contributed by atoms with Crippen LogP contribution in [-0.2, 0) is 13.0 Å². The fourth-order valence-corrected chi connectivity index (χ4v) is 4.12. The summed E-state index contributed by atoms with van der Waals surface area (Å²) >= 11 is 0. The molecule has 6 nitrogen and oxygen atoms in total. The SMILES string of the molecule is O=C(NCc1ccc(OC(F)F)cn1)N1CCC(N2CCc3cc(F)ccc32)CC1. The van der Waals surface area contributed by atoms with E-state index in [4.69, 9.17) is 0 Å². The Hall–Kier alpha value is -2.97. The van der Waals surface area contributed by atoms with Crippen LogP contribution in [0.4, 0.5) is 23.7 Å². The molecule has 1 N–H and O–H groups in total. The maximum absolute atomic E-state index is 13.4. The number of piperidine rings is 1. The summed E-state index contributed by atoms with van der Waals surface area (Å²) in [5.74, 6) is -0.221. The Morgan fingerprint density at radius 2 is 2.00 bits per heavy atom. The number of rotatable bonds is 5. The predicted molar refractivity (Wildman–Crippen MR) is 105 cm³/mol. The summed E-state index contributed by atoms with van der Waals surface area (Å²) in [5.41, 5.74) is 2.71. The van der Waals surface area contributed by atoms with Crippen molar-refractivity contribution in [1.29, 1.82) is 0 Å². The molecule has 1 fully saturated rings. The van der Waals surface area contributed by atoms with E-state index in [0.717, 1.165) is 37.1 Å². The number of ether oxygens (including phenoxy) is 1. The molecule has 0 atom stereocenters. The van der Waals surface area contributed by atoms with Gasteiger partial charge in [0.25, 0.3) is 0 Å². The monoisotopic (exact) mass is 420 g/mol. The minimum absolute atomic E-state index is 0.0200. The number of fused-ring (bicyclic) bond motifs is 1. The standard InChI is InChI=1S/C21H23F3N4O2/c22-15-1-4-19-14(11-15)5-10-28(19)17-6-8-27(9-7-17)21(29)26-12-16-2-3-18(13-25-16)30-20(23)24/h1-4,11,13,17,20H,5-10,12H2,(H,26,29). The second kappa shape index (κ2) is 8.81. The van der Waals surface area contributed by atoms with Crippen molar-refractivity contribution in [3.05, 3.63) is 53.6 Å². The highest BCUT2D eigenvalue weighted by molar-refractivity contribution is 5.74. The van der Waals surface area contributed by atoms with Crippen molar-refractivity contribution in [2.24, 2.45) is 0 Å². The third-order valence-corrected chi connectivity index (χ3v) is 5.61. The summed E-state index contributed by atoms with van der Waals surface area (Å²) in [6.45, 7) is -0.530. The molecule has 0 unspecified atom stereocenters. The summed E-state index contributed by atoms with van der Waals surface area (Å²) in [5, 5.41) is 2.82. The molecular weight excluding hydrogens is 397 g/mol. The zero-order chi connectivity index (χ0) is 21.1. The molecular formula is C21H23F3N4O2. The van der Waals surface area contributed by atoms with Crippen molar-refractivity contribution < 1.29 is 22.7 Å². The maximum Gasteiger partial charge on any atom is 0.387 e. The first-order valence-corrected chi connectivity index (χ1v) is 9.97. The fourth-order valence-electron chi connectivity index (χ4n) is 4.12. The molecule has 2 aromatic rings. The summed E-state index contributed by atoms with van der Waals surface area (Å²) in [7, 11) is 0. The number of alkyl halides is 2. The fraction of sp³-hybridized carbons (Fsp3) is 0.429. The number of halogens is 3. The molecule has 0 saturated carbocycles. The summed E-state index contributed by atoms with van der Waals surface area (Å²) in [4.78, 5) is 20.6. The Balaban J connectivity index is 1.25. The number of amides is 2. The van der Waals surface area contributed by atoms with Gasteiger partial charge >= 0.3 is 12.6 Å². The molecule has 1 aromatic carbocycles. The van der Waals surface area contributed by atoms with E-state index in [0.29, 0.717) is 24.8 Å². The minimum atomic E-state index is -2.89. The number of nitrogens with one attached hydrogen (secondary N) is 1. The first-order chi connectivity index (χ1) is 14.5. The Morgan fingerprint density at radius 3 is 2.70 bits per heavy atom. The van der Waals surface area contributed by atoms with E-state index in [1.165, 1.54) is 24.4 Å². The molecule has 1 saturated heterocycles. The van der Waals surface area contributed by atoms with E-state index >= 15 is 0 Å². The lowest BCUT2D eigenvalue weighted by Crippen LogP contribution is -2.49. The number of nitrogens with zero attached hydrogens (tertiary/aromatic N) is 3. The molecule has 4 rings (SSSR count). The number of pyridine rings is 1. The van der Waals surface area contributed by atoms with E-state index in [1.54, 1.807) is 11.0 Å².